The maximum absolute atomic E-state index is 11.6. The summed E-state index contributed by atoms with van der Waals surface area (Å²) in [5.41, 5.74) is 0. The molecule has 4 nitrogen and oxygen atoms in total. The van der Waals surface area contributed by atoms with Crippen molar-refractivity contribution in [2.45, 2.75) is 32.1 Å². The van der Waals surface area contributed by atoms with Crippen LogP contribution in [0.2, 0.25) is 0 Å². The average Bonchev–Trinajstić information content (AvgIpc) is 2.64. The van der Waals surface area contributed by atoms with Crippen LogP contribution in [0, 0.1) is 5.92 Å². The third-order valence-corrected chi connectivity index (χ3v) is 5.00. The first-order valence-corrected chi connectivity index (χ1v) is 8.45. The molecule has 1 amide bonds. The maximum Gasteiger partial charge on any atom is 0.224 e. The van der Waals surface area contributed by atoms with Crippen molar-refractivity contribution in [1.82, 2.24) is 5.32 Å². The normalized spacial score (nSPS) is 22.5. The number of hydrogen-bond donors (Lipinski definition) is 1. The smallest absolute Gasteiger partial charge is 0.224 e. The van der Waals surface area contributed by atoms with E-state index in [4.69, 9.17) is 11.6 Å². The monoisotopic (exact) mass is 281 g/mol. The molecule has 1 unspecified atom stereocenters. The fourth-order valence-corrected chi connectivity index (χ4v) is 3.86. The summed E-state index contributed by atoms with van der Waals surface area (Å²) in [5, 5.41) is 2.80. The highest BCUT2D eigenvalue weighted by molar-refractivity contribution is 7.91. The second kappa shape index (κ2) is 7.21. The molecule has 1 rings (SSSR count). The second-order valence-corrected chi connectivity index (χ2v) is 7.10. The van der Waals surface area contributed by atoms with Gasteiger partial charge in [-0.1, -0.05) is 12.8 Å². The molecule has 6 heteroatoms. The van der Waals surface area contributed by atoms with Crippen LogP contribution in [0.3, 0.4) is 0 Å². The number of unbranched alkanes of at least 4 members (excludes halogenated alkanes) is 3. The highest BCUT2D eigenvalue weighted by atomic mass is 35.5. The molecular weight excluding hydrogens is 262 g/mol. The van der Waals surface area contributed by atoms with Crippen molar-refractivity contribution in [2.75, 3.05) is 23.9 Å². The molecule has 0 aromatic rings. The van der Waals surface area contributed by atoms with E-state index < -0.39 is 9.84 Å². The standard InChI is InChI=1S/C11H20ClNO3S/c12-6-3-1-2-4-7-13-11(14)10-5-8-17(15,16)9-10/h10H,1-9H2,(H,13,14). The minimum Gasteiger partial charge on any atom is -0.356 e. The zero-order chi connectivity index (χ0) is 12.7. The zero-order valence-corrected chi connectivity index (χ0v) is 11.5. The Hall–Kier alpha value is -0.290. The maximum atomic E-state index is 11.6. The molecule has 0 saturated carbocycles. The highest BCUT2D eigenvalue weighted by Gasteiger charge is 2.32. The number of carbonyl (C=O) groups is 1. The lowest BCUT2D eigenvalue weighted by atomic mass is 10.1. The van der Waals surface area contributed by atoms with Crippen molar-refractivity contribution in [1.29, 1.82) is 0 Å². The molecule has 1 atom stereocenters. The molecular formula is C11H20ClNO3S. The van der Waals surface area contributed by atoms with Gasteiger partial charge in [-0.3, -0.25) is 4.79 Å². The van der Waals surface area contributed by atoms with Gasteiger partial charge in [0, 0.05) is 12.4 Å². The van der Waals surface area contributed by atoms with Gasteiger partial charge in [0.15, 0.2) is 9.84 Å². The quantitative estimate of drug-likeness (QED) is 0.566. The molecule has 0 bridgehead atoms. The van der Waals surface area contributed by atoms with Crippen LogP contribution in [0.1, 0.15) is 32.1 Å². The summed E-state index contributed by atoms with van der Waals surface area (Å²) in [6.45, 7) is 0.637. The van der Waals surface area contributed by atoms with E-state index in [9.17, 15) is 13.2 Å². The Labute approximate surface area is 108 Å². The molecule has 0 aromatic carbocycles. The van der Waals surface area contributed by atoms with E-state index in [-0.39, 0.29) is 23.3 Å². The topological polar surface area (TPSA) is 63.2 Å². The number of nitrogens with one attached hydrogen (secondary N) is 1. The summed E-state index contributed by atoms with van der Waals surface area (Å²) < 4.78 is 22.4. The molecule has 1 aliphatic heterocycles. The molecule has 1 fully saturated rings. The van der Waals surface area contributed by atoms with Crippen LogP contribution in [0.15, 0.2) is 0 Å². The van der Waals surface area contributed by atoms with Crippen molar-refractivity contribution in [3.63, 3.8) is 0 Å². The Morgan fingerprint density at radius 1 is 1.24 bits per heavy atom. The number of rotatable bonds is 7. The number of halogens is 1. The van der Waals surface area contributed by atoms with Crippen LogP contribution in [0.5, 0.6) is 0 Å². The van der Waals surface area contributed by atoms with E-state index in [1.54, 1.807) is 0 Å². The number of sulfone groups is 1. The molecule has 1 saturated heterocycles. The first kappa shape index (κ1) is 14.8. The Kier molecular flexibility index (Phi) is 6.27. The lowest BCUT2D eigenvalue weighted by Gasteiger charge is -2.08. The van der Waals surface area contributed by atoms with Crippen LogP contribution < -0.4 is 5.32 Å². The van der Waals surface area contributed by atoms with E-state index in [1.807, 2.05) is 0 Å². The van der Waals surface area contributed by atoms with E-state index >= 15 is 0 Å². The summed E-state index contributed by atoms with van der Waals surface area (Å²) in [6, 6.07) is 0. The van der Waals surface area contributed by atoms with Gasteiger partial charge in [0.25, 0.3) is 0 Å². The van der Waals surface area contributed by atoms with E-state index in [0.29, 0.717) is 18.8 Å². The lowest BCUT2D eigenvalue weighted by molar-refractivity contribution is -0.124. The van der Waals surface area contributed by atoms with Crippen molar-refractivity contribution >= 4 is 27.3 Å². The Bertz CT molecular complexity index is 343. The fourth-order valence-electron chi connectivity index (χ4n) is 1.93. The summed E-state index contributed by atoms with van der Waals surface area (Å²) >= 11 is 5.55. The summed E-state index contributed by atoms with van der Waals surface area (Å²) in [7, 11) is -2.96. The van der Waals surface area contributed by atoms with Crippen LogP contribution in [0.25, 0.3) is 0 Å². The van der Waals surface area contributed by atoms with Gasteiger partial charge in [-0.15, -0.1) is 11.6 Å². The molecule has 0 aromatic heterocycles. The van der Waals surface area contributed by atoms with Crippen LogP contribution in [-0.4, -0.2) is 38.3 Å². The Balaban J connectivity index is 2.10. The van der Waals surface area contributed by atoms with Gasteiger partial charge in [-0.25, -0.2) is 8.42 Å². The number of amides is 1. The predicted molar refractivity (Wildman–Crippen MR) is 69.0 cm³/mol. The largest absolute Gasteiger partial charge is 0.356 e. The summed E-state index contributed by atoms with van der Waals surface area (Å²) in [4.78, 5) is 11.6. The number of alkyl halides is 1. The number of carbonyl (C=O) groups excluding carboxylic acids is 1. The minimum atomic E-state index is -2.96. The molecule has 17 heavy (non-hydrogen) atoms. The average molecular weight is 282 g/mol. The highest BCUT2D eigenvalue weighted by Crippen LogP contribution is 2.18. The van der Waals surface area contributed by atoms with Gasteiger partial charge in [0.05, 0.1) is 17.4 Å². The van der Waals surface area contributed by atoms with Crippen LogP contribution >= 0.6 is 11.6 Å². The van der Waals surface area contributed by atoms with Gasteiger partial charge in [0.2, 0.25) is 5.91 Å². The minimum absolute atomic E-state index is 0.0189. The van der Waals surface area contributed by atoms with Crippen LogP contribution in [0.4, 0.5) is 0 Å². The second-order valence-electron chi connectivity index (χ2n) is 4.49. The predicted octanol–water partition coefficient (Wildman–Crippen LogP) is 1.34. The van der Waals surface area contributed by atoms with Gasteiger partial charge >= 0.3 is 0 Å². The van der Waals surface area contributed by atoms with E-state index in [1.165, 1.54) is 0 Å². The molecule has 0 radical (unpaired) electrons. The van der Waals surface area contributed by atoms with Gasteiger partial charge in [-0.2, -0.15) is 0 Å². The Morgan fingerprint density at radius 2 is 1.94 bits per heavy atom. The van der Waals surface area contributed by atoms with Gasteiger partial charge < -0.3 is 5.32 Å². The van der Waals surface area contributed by atoms with Crippen molar-refractivity contribution in [2.24, 2.45) is 5.92 Å². The first-order chi connectivity index (χ1) is 8.05. The SMILES string of the molecule is O=C(NCCCCCCCl)C1CCS(=O)(=O)C1. The molecule has 1 heterocycles. The molecule has 0 aliphatic carbocycles. The first-order valence-electron chi connectivity index (χ1n) is 6.09. The van der Waals surface area contributed by atoms with Crippen molar-refractivity contribution in [3.8, 4) is 0 Å². The van der Waals surface area contributed by atoms with E-state index in [0.717, 1.165) is 25.7 Å². The molecule has 100 valence electrons. The summed E-state index contributed by atoms with van der Waals surface area (Å²) in [5.74, 6) is 0.421. The summed E-state index contributed by atoms with van der Waals surface area (Å²) in [6.07, 6.45) is 4.55. The fraction of sp³-hybridized carbons (Fsp3) is 0.909. The van der Waals surface area contributed by atoms with Gasteiger partial charge in [-0.05, 0) is 19.3 Å². The lowest BCUT2D eigenvalue weighted by Crippen LogP contribution is -2.32. The van der Waals surface area contributed by atoms with Crippen LogP contribution in [-0.2, 0) is 14.6 Å². The van der Waals surface area contributed by atoms with Gasteiger partial charge in [0.1, 0.15) is 0 Å². The molecule has 0 spiro atoms. The molecule has 1 aliphatic rings. The zero-order valence-electron chi connectivity index (χ0n) is 9.95. The molecule has 1 N–H and O–H groups in total. The van der Waals surface area contributed by atoms with Crippen molar-refractivity contribution < 1.29 is 13.2 Å². The van der Waals surface area contributed by atoms with Crippen molar-refractivity contribution in [3.05, 3.63) is 0 Å². The Morgan fingerprint density at radius 3 is 2.53 bits per heavy atom. The number of hydrogen-bond acceptors (Lipinski definition) is 3. The van der Waals surface area contributed by atoms with E-state index in [2.05, 4.69) is 5.32 Å². The third kappa shape index (κ3) is 5.73. The third-order valence-electron chi connectivity index (χ3n) is 2.96.